The minimum atomic E-state index is -4.30. The lowest BCUT2D eigenvalue weighted by Crippen LogP contribution is -2.26. The average molecular weight is 323 g/mol. The number of phosphoric ester groups is 1. The molecular weight excluding hydrogens is 303 g/mol. The number of unbranched alkanes of at least 4 members (excludes halogenated alkanes) is 3. The maximum Gasteiger partial charge on any atom is 0.267 e. The average Bonchev–Trinajstić information content (AvgIpc) is 2.45. The van der Waals surface area contributed by atoms with Gasteiger partial charge in [-0.3, -0.25) is 9.36 Å². The van der Waals surface area contributed by atoms with Crippen LogP contribution in [0.2, 0.25) is 0 Å². The predicted octanol–water partition coefficient (Wildman–Crippen LogP) is 0.467. The number of rotatable bonds is 13. The van der Waals surface area contributed by atoms with Crippen LogP contribution in [0.15, 0.2) is 5.11 Å². The first-order valence-electron chi connectivity index (χ1n) is 6.50. The number of aliphatic hydroxyl groups excluding tert-OH is 1. The van der Waals surface area contributed by atoms with Crippen LogP contribution >= 0.6 is 7.82 Å². The van der Waals surface area contributed by atoms with Crippen molar-refractivity contribution in [3.63, 3.8) is 0 Å². The Morgan fingerprint density at radius 2 is 1.95 bits per heavy atom. The number of amides is 1. The molecule has 2 N–H and O–H groups in total. The van der Waals surface area contributed by atoms with Crippen molar-refractivity contribution in [3.8, 4) is 0 Å². The fourth-order valence-electron chi connectivity index (χ4n) is 1.33. The van der Waals surface area contributed by atoms with E-state index in [-0.39, 0.29) is 32.3 Å². The van der Waals surface area contributed by atoms with E-state index in [0.717, 1.165) is 19.3 Å². The van der Waals surface area contributed by atoms with Crippen molar-refractivity contribution in [3.05, 3.63) is 10.4 Å². The number of carbonyl (C=O) groups is 1. The third-order valence-electron chi connectivity index (χ3n) is 2.26. The van der Waals surface area contributed by atoms with E-state index in [4.69, 9.17) is 10.6 Å². The zero-order valence-electron chi connectivity index (χ0n) is 11.6. The van der Waals surface area contributed by atoms with Gasteiger partial charge in [-0.2, -0.15) is 0 Å². The Morgan fingerprint density at radius 3 is 2.62 bits per heavy atom. The number of carbonyl (C=O) groups excluding carboxylic acids is 1. The highest BCUT2D eigenvalue weighted by Gasteiger charge is 2.07. The van der Waals surface area contributed by atoms with E-state index in [1.165, 1.54) is 0 Å². The van der Waals surface area contributed by atoms with E-state index in [2.05, 4.69) is 24.4 Å². The molecule has 11 heteroatoms. The lowest BCUT2D eigenvalue weighted by Gasteiger charge is -2.21. The summed E-state index contributed by atoms with van der Waals surface area (Å²) in [5.74, 6) is -0.329. The molecule has 0 heterocycles. The molecule has 0 rings (SSSR count). The van der Waals surface area contributed by atoms with E-state index >= 15 is 0 Å². The van der Waals surface area contributed by atoms with Gasteiger partial charge in [0.15, 0.2) is 0 Å². The SMILES string of the molecule is [N-]=[N+]=NCC(=O)NCCCCCCOP(=O)([O-])OCCO. The first-order valence-corrected chi connectivity index (χ1v) is 7.96. The zero-order valence-corrected chi connectivity index (χ0v) is 12.5. The molecule has 0 radical (unpaired) electrons. The van der Waals surface area contributed by atoms with E-state index in [0.29, 0.717) is 13.0 Å². The van der Waals surface area contributed by atoms with Gasteiger partial charge >= 0.3 is 0 Å². The van der Waals surface area contributed by atoms with Crippen molar-refractivity contribution in [1.29, 1.82) is 0 Å². The summed E-state index contributed by atoms with van der Waals surface area (Å²) in [5.41, 5.74) is 8.02. The quantitative estimate of drug-likeness (QED) is 0.165. The van der Waals surface area contributed by atoms with Gasteiger partial charge in [-0.15, -0.1) is 0 Å². The zero-order chi connectivity index (χ0) is 16.0. The Labute approximate surface area is 122 Å². The van der Waals surface area contributed by atoms with Gasteiger partial charge in [0.05, 0.1) is 19.8 Å². The van der Waals surface area contributed by atoms with Crippen LogP contribution in [0.4, 0.5) is 0 Å². The normalized spacial score (nSPS) is 13.2. The van der Waals surface area contributed by atoms with Gasteiger partial charge in [0, 0.05) is 11.5 Å². The van der Waals surface area contributed by atoms with Crippen LogP contribution in [0.1, 0.15) is 25.7 Å². The Bertz CT molecular complexity index is 388. The molecular formula is C10H20N4O6P-. The van der Waals surface area contributed by atoms with Gasteiger partial charge in [-0.1, -0.05) is 18.0 Å². The molecule has 10 nitrogen and oxygen atoms in total. The van der Waals surface area contributed by atoms with Crippen molar-refractivity contribution in [1.82, 2.24) is 5.32 Å². The molecule has 0 aliphatic rings. The maximum atomic E-state index is 11.1. The molecule has 1 unspecified atom stereocenters. The summed E-state index contributed by atoms with van der Waals surface area (Å²) >= 11 is 0. The van der Waals surface area contributed by atoms with Gasteiger partial charge < -0.3 is 24.4 Å². The number of phosphoric acid groups is 1. The maximum absolute atomic E-state index is 11.1. The smallest absolute Gasteiger partial charge is 0.267 e. The van der Waals surface area contributed by atoms with Gasteiger partial charge in [0.25, 0.3) is 7.82 Å². The summed E-state index contributed by atoms with van der Waals surface area (Å²) in [5, 5.41) is 14.1. The van der Waals surface area contributed by atoms with Crippen molar-refractivity contribution in [2.45, 2.75) is 25.7 Å². The second-order valence-electron chi connectivity index (χ2n) is 3.99. The number of hydrogen-bond donors (Lipinski definition) is 2. The fraction of sp³-hybridized carbons (Fsp3) is 0.900. The predicted molar refractivity (Wildman–Crippen MR) is 72.1 cm³/mol. The van der Waals surface area contributed by atoms with Crippen LogP contribution in [-0.2, 0) is 18.4 Å². The molecule has 0 aromatic rings. The van der Waals surface area contributed by atoms with Crippen molar-refractivity contribution in [2.75, 3.05) is 32.9 Å². The monoisotopic (exact) mass is 323 g/mol. The molecule has 0 saturated carbocycles. The summed E-state index contributed by atoms with van der Waals surface area (Å²) in [4.78, 5) is 24.6. The molecule has 122 valence electrons. The Morgan fingerprint density at radius 1 is 1.29 bits per heavy atom. The van der Waals surface area contributed by atoms with Crippen molar-refractivity contribution in [2.24, 2.45) is 5.11 Å². The Kier molecular flexibility index (Phi) is 11.9. The molecule has 0 aromatic heterocycles. The van der Waals surface area contributed by atoms with Crippen molar-refractivity contribution < 1.29 is 28.4 Å². The Hall–Kier alpha value is -1.15. The van der Waals surface area contributed by atoms with E-state index < -0.39 is 7.82 Å². The number of aliphatic hydroxyl groups is 1. The third kappa shape index (κ3) is 13.6. The lowest BCUT2D eigenvalue weighted by molar-refractivity contribution is -0.226. The molecule has 21 heavy (non-hydrogen) atoms. The third-order valence-corrected chi connectivity index (χ3v) is 3.26. The van der Waals surface area contributed by atoms with Crippen LogP contribution in [0.3, 0.4) is 0 Å². The second-order valence-corrected chi connectivity index (χ2v) is 5.40. The lowest BCUT2D eigenvalue weighted by atomic mass is 10.2. The minimum absolute atomic E-state index is 0.0233. The van der Waals surface area contributed by atoms with E-state index in [9.17, 15) is 14.3 Å². The largest absolute Gasteiger partial charge is 0.756 e. The standard InChI is InChI=1S/C10H21N4O6P/c11-14-13-9-10(16)12-5-3-1-2-4-7-19-21(17,18)20-8-6-15/h15H,1-9H2,(H,12,16)(H,17,18)/p-1. The summed E-state index contributed by atoms with van der Waals surface area (Å²) in [7, 11) is -4.30. The molecule has 1 atom stereocenters. The molecule has 0 aromatic carbocycles. The highest BCUT2D eigenvalue weighted by molar-refractivity contribution is 7.45. The molecule has 0 aliphatic heterocycles. The van der Waals surface area contributed by atoms with Crippen LogP contribution < -0.4 is 10.2 Å². The number of azide groups is 1. The van der Waals surface area contributed by atoms with Crippen LogP contribution in [-0.4, -0.2) is 43.9 Å². The van der Waals surface area contributed by atoms with Gasteiger partial charge in [0.2, 0.25) is 5.91 Å². The molecule has 0 bridgehead atoms. The topological polar surface area (TPSA) is 157 Å². The molecule has 1 amide bonds. The molecule has 0 spiro atoms. The Balaban J connectivity index is 3.42. The molecule has 0 saturated heterocycles. The summed E-state index contributed by atoms with van der Waals surface area (Å²) in [6.45, 7) is -0.413. The first kappa shape index (κ1) is 19.9. The van der Waals surface area contributed by atoms with Crippen LogP contribution in [0.25, 0.3) is 10.4 Å². The fourth-order valence-corrected chi connectivity index (χ4v) is 2.06. The van der Waals surface area contributed by atoms with Crippen molar-refractivity contribution >= 4 is 13.7 Å². The highest BCUT2D eigenvalue weighted by Crippen LogP contribution is 2.37. The van der Waals surface area contributed by atoms with Crippen LogP contribution in [0, 0.1) is 0 Å². The van der Waals surface area contributed by atoms with E-state index in [1.807, 2.05) is 0 Å². The number of hydrogen-bond acceptors (Lipinski definition) is 7. The second kappa shape index (κ2) is 12.6. The minimum Gasteiger partial charge on any atom is -0.756 e. The first-order chi connectivity index (χ1) is 10.0. The van der Waals surface area contributed by atoms with Crippen LogP contribution in [0.5, 0.6) is 0 Å². The number of nitrogens with zero attached hydrogens (tertiary/aromatic N) is 3. The van der Waals surface area contributed by atoms with Gasteiger partial charge in [-0.25, -0.2) is 0 Å². The summed E-state index contributed by atoms with van der Waals surface area (Å²) in [6, 6.07) is 0. The summed E-state index contributed by atoms with van der Waals surface area (Å²) in [6.07, 6.45) is 2.82. The summed E-state index contributed by atoms with van der Waals surface area (Å²) < 4.78 is 20.0. The highest BCUT2D eigenvalue weighted by atomic mass is 31.2. The van der Waals surface area contributed by atoms with Gasteiger partial charge in [-0.05, 0) is 18.4 Å². The molecule has 0 fully saturated rings. The molecule has 0 aliphatic carbocycles. The van der Waals surface area contributed by atoms with E-state index in [1.54, 1.807) is 0 Å². The van der Waals surface area contributed by atoms with Gasteiger partial charge in [0.1, 0.15) is 6.54 Å². The number of nitrogens with one attached hydrogen (secondary N) is 1.